The van der Waals surface area contributed by atoms with Crippen molar-refractivity contribution in [2.24, 2.45) is 0 Å². The quantitative estimate of drug-likeness (QED) is 0.559. The highest BCUT2D eigenvalue weighted by atomic mass is 35.5. The minimum atomic E-state index is -3.91. The van der Waals surface area contributed by atoms with Gasteiger partial charge in [0.25, 0.3) is 0 Å². The Bertz CT molecular complexity index is 1070. The Hall–Kier alpha value is -1.99. The number of aliphatic hydroxyl groups is 1. The molecular weight excluding hydrogens is 441 g/mol. The maximum absolute atomic E-state index is 13.4. The van der Waals surface area contributed by atoms with Crippen LogP contribution in [0, 0.1) is 11.6 Å². The van der Waals surface area contributed by atoms with Gasteiger partial charge in [-0.2, -0.15) is 0 Å². The van der Waals surface area contributed by atoms with Crippen LogP contribution in [-0.4, -0.2) is 19.3 Å². The molecule has 0 aliphatic rings. The SMILES string of the molecule is O=S(=O)(Cc1ccc(Cl)cc1Cl)CC(O)(c1ccc(F)cc1)c1ccc(F)cc1. The fourth-order valence-electron chi connectivity index (χ4n) is 3.03. The fraction of sp³-hybridized carbons (Fsp3) is 0.143. The van der Waals surface area contributed by atoms with E-state index in [9.17, 15) is 22.3 Å². The first kappa shape index (κ1) is 21.7. The molecule has 0 heterocycles. The summed E-state index contributed by atoms with van der Waals surface area (Å²) in [6.45, 7) is 0. The van der Waals surface area contributed by atoms with E-state index in [0.29, 0.717) is 10.6 Å². The highest BCUT2D eigenvalue weighted by molar-refractivity contribution is 7.90. The molecule has 0 amide bonds. The lowest BCUT2D eigenvalue weighted by molar-refractivity contribution is 0.105. The lowest BCUT2D eigenvalue weighted by Gasteiger charge is -2.29. The molecule has 0 bridgehead atoms. The van der Waals surface area contributed by atoms with E-state index in [0.717, 1.165) is 24.3 Å². The summed E-state index contributed by atoms with van der Waals surface area (Å²) in [5, 5.41) is 11.9. The first-order chi connectivity index (χ1) is 13.6. The number of sulfone groups is 1. The molecular formula is C21H16Cl2F2O3S. The molecule has 3 rings (SSSR count). The number of benzene rings is 3. The van der Waals surface area contributed by atoms with E-state index < -0.39 is 38.6 Å². The molecule has 0 fully saturated rings. The number of hydrogen-bond acceptors (Lipinski definition) is 3. The lowest BCUT2D eigenvalue weighted by atomic mass is 9.88. The van der Waals surface area contributed by atoms with Crippen molar-refractivity contribution in [3.05, 3.63) is 105 Å². The molecule has 0 aromatic heterocycles. The third-order valence-corrected chi connectivity index (χ3v) is 6.66. The molecule has 8 heteroatoms. The van der Waals surface area contributed by atoms with Crippen molar-refractivity contribution >= 4 is 33.0 Å². The second kappa shape index (κ2) is 8.40. The van der Waals surface area contributed by atoms with E-state index >= 15 is 0 Å². The van der Waals surface area contributed by atoms with Crippen LogP contribution >= 0.6 is 23.2 Å². The monoisotopic (exact) mass is 456 g/mol. The maximum Gasteiger partial charge on any atom is 0.158 e. The molecule has 1 N–H and O–H groups in total. The summed E-state index contributed by atoms with van der Waals surface area (Å²) in [6, 6.07) is 14.1. The summed E-state index contributed by atoms with van der Waals surface area (Å²) in [6.07, 6.45) is 0. The zero-order chi connectivity index (χ0) is 21.2. The molecule has 3 aromatic rings. The third kappa shape index (κ3) is 5.14. The van der Waals surface area contributed by atoms with E-state index in [1.165, 1.54) is 42.5 Å². The van der Waals surface area contributed by atoms with Crippen LogP contribution < -0.4 is 0 Å². The summed E-state index contributed by atoms with van der Waals surface area (Å²) in [7, 11) is -3.91. The van der Waals surface area contributed by atoms with Gasteiger partial charge in [-0.05, 0) is 53.1 Å². The van der Waals surface area contributed by atoms with Crippen LogP contribution in [0.15, 0.2) is 66.7 Å². The zero-order valence-corrected chi connectivity index (χ0v) is 17.3. The van der Waals surface area contributed by atoms with Crippen molar-refractivity contribution in [1.29, 1.82) is 0 Å². The summed E-state index contributed by atoms with van der Waals surface area (Å²) in [5.41, 5.74) is -1.36. The molecule has 3 nitrogen and oxygen atoms in total. The first-order valence-electron chi connectivity index (χ1n) is 8.48. The van der Waals surface area contributed by atoms with Crippen molar-refractivity contribution in [2.75, 3.05) is 5.75 Å². The second-order valence-corrected chi connectivity index (χ2v) is 9.55. The molecule has 3 aromatic carbocycles. The minimum Gasteiger partial charge on any atom is -0.379 e. The molecule has 0 unspecified atom stereocenters. The van der Waals surface area contributed by atoms with E-state index in [4.69, 9.17) is 23.2 Å². The standard InChI is InChI=1S/C21H16Cl2F2O3S/c22-17-6-1-14(20(23)11-17)12-29(27,28)13-21(26,15-2-7-18(24)8-3-15)16-4-9-19(25)10-5-16/h1-11,26H,12-13H2. The van der Waals surface area contributed by atoms with Crippen molar-refractivity contribution in [3.63, 3.8) is 0 Å². The molecule has 29 heavy (non-hydrogen) atoms. The Labute approximate surface area is 177 Å². The molecule has 0 spiro atoms. The Kier molecular flexibility index (Phi) is 6.29. The number of rotatable bonds is 6. The molecule has 0 atom stereocenters. The summed E-state index contributed by atoms with van der Waals surface area (Å²) in [4.78, 5) is 0. The van der Waals surface area contributed by atoms with Gasteiger partial charge in [-0.25, -0.2) is 17.2 Å². The predicted molar refractivity (Wildman–Crippen MR) is 110 cm³/mol. The smallest absolute Gasteiger partial charge is 0.158 e. The van der Waals surface area contributed by atoms with Gasteiger partial charge >= 0.3 is 0 Å². The lowest BCUT2D eigenvalue weighted by Crippen LogP contribution is -2.36. The van der Waals surface area contributed by atoms with Gasteiger partial charge in [-0.15, -0.1) is 0 Å². The van der Waals surface area contributed by atoms with Gasteiger partial charge < -0.3 is 5.11 Å². The van der Waals surface area contributed by atoms with Gasteiger partial charge in [0.1, 0.15) is 17.2 Å². The predicted octanol–water partition coefficient (Wildman–Crippen LogP) is 5.12. The molecule has 0 aliphatic heterocycles. The van der Waals surface area contributed by atoms with Crippen molar-refractivity contribution < 1.29 is 22.3 Å². The van der Waals surface area contributed by atoms with Crippen LogP contribution in [0.4, 0.5) is 8.78 Å². The van der Waals surface area contributed by atoms with Gasteiger partial charge in [-0.3, -0.25) is 0 Å². The van der Waals surface area contributed by atoms with Crippen molar-refractivity contribution in [3.8, 4) is 0 Å². The van der Waals surface area contributed by atoms with Gasteiger partial charge in [-0.1, -0.05) is 53.5 Å². The Morgan fingerprint density at radius 3 is 1.76 bits per heavy atom. The average Bonchev–Trinajstić information content (AvgIpc) is 2.64. The van der Waals surface area contributed by atoms with Gasteiger partial charge in [0, 0.05) is 10.0 Å². The molecule has 0 saturated heterocycles. The molecule has 152 valence electrons. The van der Waals surface area contributed by atoms with E-state index in [-0.39, 0.29) is 16.1 Å². The van der Waals surface area contributed by atoms with E-state index in [1.807, 2.05) is 0 Å². The van der Waals surface area contributed by atoms with E-state index in [2.05, 4.69) is 0 Å². The molecule has 0 saturated carbocycles. The first-order valence-corrected chi connectivity index (χ1v) is 11.1. The van der Waals surface area contributed by atoms with Gasteiger partial charge in [0.15, 0.2) is 9.84 Å². The van der Waals surface area contributed by atoms with Gasteiger partial charge in [0.2, 0.25) is 0 Å². The van der Waals surface area contributed by atoms with Crippen molar-refractivity contribution in [2.45, 2.75) is 11.4 Å². The van der Waals surface area contributed by atoms with Crippen LogP contribution in [0.3, 0.4) is 0 Å². The minimum absolute atomic E-state index is 0.163. The number of hydrogen-bond donors (Lipinski definition) is 1. The highest BCUT2D eigenvalue weighted by Gasteiger charge is 2.37. The molecule has 0 radical (unpaired) electrons. The third-order valence-electron chi connectivity index (χ3n) is 4.46. The van der Waals surface area contributed by atoms with Crippen LogP contribution in [0.25, 0.3) is 0 Å². The second-order valence-electron chi connectivity index (χ2n) is 6.64. The van der Waals surface area contributed by atoms with Gasteiger partial charge in [0.05, 0.1) is 11.5 Å². The Morgan fingerprint density at radius 1 is 0.828 bits per heavy atom. The van der Waals surface area contributed by atoms with Crippen LogP contribution in [0.1, 0.15) is 16.7 Å². The van der Waals surface area contributed by atoms with Crippen LogP contribution in [-0.2, 0) is 21.2 Å². The topological polar surface area (TPSA) is 54.4 Å². The summed E-state index contributed by atoms with van der Waals surface area (Å²) >= 11 is 11.9. The van der Waals surface area contributed by atoms with Crippen molar-refractivity contribution in [1.82, 2.24) is 0 Å². The summed E-state index contributed by atoms with van der Waals surface area (Å²) in [5.74, 6) is -2.22. The Morgan fingerprint density at radius 2 is 1.31 bits per heavy atom. The maximum atomic E-state index is 13.4. The number of halogens is 4. The normalized spacial score (nSPS) is 12.2. The van der Waals surface area contributed by atoms with Crippen LogP contribution in [0.5, 0.6) is 0 Å². The largest absolute Gasteiger partial charge is 0.379 e. The average molecular weight is 457 g/mol. The zero-order valence-electron chi connectivity index (χ0n) is 14.9. The molecule has 0 aliphatic carbocycles. The van der Waals surface area contributed by atoms with Crippen LogP contribution in [0.2, 0.25) is 10.0 Å². The van der Waals surface area contributed by atoms with E-state index in [1.54, 1.807) is 0 Å². The highest BCUT2D eigenvalue weighted by Crippen LogP contribution is 2.33. The Balaban J connectivity index is 2.02. The summed E-state index contributed by atoms with van der Waals surface area (Å²) < 4.78 is 52.6. The fourth-order valence-corrected chi connectivity index (χ4v) is 5.38.